The number of hydrogen-bond acceptors (Lipinski definition) is 3. The molecule has 1 aromatic rings. The summed E-state index contributed by atoms with van der Waals surface area (Å²) in [5.41, 5.74) is 0. The van der Waals surface area contributed by atoms with E-state index in [1.807, 2.05) is 18.5 Å². The lowest BCUT2D eigenvalue weighted by Gasteiger charge is -2.18. The van der Waals surface area contributed by atoms with Gasteiger partial charge >= 0.3 is 0 Å². The topological polar surface area (TPSA) is 21.3 Å². The van der Waals surface area contributed by atoms with E-state index in [0.29, 0.717) is 0 Å². The molecule has 2 nitrogen and oxygen atoms in total. The number of rotatable bonds is 5. The van der Waals surface area contributed by atoms with Crippen molar-refractivity contribution in [1.82, 2.24) is 5.32 Å². The van der Waals surface area contributed by atoms with E-state index in [9.17, 15) is 0 Å². The van der Waals surface area contributed by atoms with Crippen molar-refractivity contribution >= 4 is 22.9 Å². The molecule has 1 aromatic heterocycles. The molecular weight excluding hydrogens is 218 g/mol. The van der Waals surface area contributed by atoms with Crippen molar-refractivity contribution in [2.24, 2.45) is 0 Å². The van der Waals surface area contributed by atoms with Crippen LogP contribution in [0.3, 0.4) is 0 Å². The van der Waals surface area contributed by atoms with Crippen molar-refractivity contribution in [2.45, 2.75) is 25.5 Å². The van der Waals surface area contributed by atoms with Crippen molar-refractivity contribution in [3.05, 3.63) is 21.3 Å². The van der Waals surface area contributed by atoms with Gasteiger partial charge in [-0.3, -0.25) is 0 Å². The van der Waals surface area contributed by atoms with E-state index in [1.165, 1.54) is 4.88 Å². The van der Waals surface area contributed by atoms with E-state index in [4.69, 9.17) is 16.3 Å². The Morgan fingerprint density at radius 1 is 1.64 bits per heavy atom. The SMILES string of the molecule is CNC(CC(C)OC)c1sccc1Cl. The van der Waals surface area contributed by atoms with E-state index in [2.05, 4.69) is 12.2 Å². The maximum absolute atomic E-state index is 6.07. The van der Waals surface area contributed by atoms with Gasteiger partial charge in [0.05, 0.1) is 11.1 Å². The molecule has 14 heavy (non-hydrogen) atoms. The largest absolute Gasteiger partial charge is 0.382 e. The molecule has 1 heterocycles. The molecule has 0 radical (unpaired) electrons. The van der Waals surface area contributed by atoms with Crippen LogP contribution < -0.4 is 5.32 Å². The Morgan fingerprint density at radius 3 is 2.79 bits per heavy atom. The molecule has 2 atom stereocenters. The quantitative estimate of drug-likeness (QED) is 0.844. The molecule has 0 aliphatic rings. The molecule has 0 bridgehead atoms. The van der Waals surface area contributed by atoms with E-state index >= 15 is 0 Å². The van der Waals surface area contributed by atoms with E-state index in [-0.39, 0.29) is 12.1 Å². The van der Waals surface area contributed by atoms with E-state index in [0.717, 1.165) is 11.4 Å². The Hall–Kier alpha value is -0.0900. The minimum Gasteiger partial charge on any atom is -0.382 e. The molecule has 1 rings (SSSR count). The lowest BCUT2D eigenvalue weighted by Crippen LogP contribution is -2.21. The minimum atomic E-state index is 0.241. The maximum Gasteiger partial charge on any atom is 0.0561 e. The minimum absolute atomic E-state index is 0.241. The zero-order chi connectivity index (χ0) is 10.6. The second-order valence-electron chi connectivity index (χ2n) is 3.26. The Bertz CT molecular complexity index is 277. The van der Waals surface area contributed by atoms with Crippen LogP contribution in [0.25, 0.3) is 0 Å². The highest BCUT2D eigenvalue weighted by Crippen LogP contribution is 2.31. The van der Waals surface area contributed by atoms with Crippen LogP contribution in [0.4, 0.5) is 0 Å². The summed E-state index contributed by atoms with van der Waals surface area (Å²) in [6, 6.07) is 2.22. The van der Waals surface area contributed by atoms with E-state index < -0.39 is 0 Å². The van der Waals surface area contributed by atoms with Crippen LogP contribution in [0, 0.1) is 0 Å². The third-order valence-corrected chi connectivity index (χ3v) is 3.75. The lowest BCUT2D eigenvalue weighted by atomic mass is 10.1. The normalized spacial score (nSPS) is 15.4. The summed E-state index contributed by atoms with van der Waals surface area (Å²) in [7, 11) is 3.68. The van der Waals surface area contributed by atoms with Gasteiger partial charge in [0.2, 0.25) is 0 Å². The van der Waals surface area contributed by atoms with Gasteiger partial charge in [0.25, 0.3) is 0 Å². The fourth-order valence-electron chi connectivity index (χ4n) is 1.34. The van der Waals surface area contributed by atoms with Gasteiger partial charge in [0.15, 0.2) is 0 Å². The fourth-order valence-corrected chi connectivity index (χ4v) is 2.65. The third-order valence-electron chi connectivity index (χ3n) is 2.28. The molecule has 1 N–H and O–H groups in total. The van der Waals surface area contributed by atoms with Crippen LogP contribution in [0.15, 0.2) is 11.4 Å². The Labute approximate surface area is 94.2 Å². The van der Waals surface area contributed by atoms with Crippen molar-refractivity contribution in [3.8, 4) is 0 Å². The highest BCUT2D eigenvalue weighted by Gasteiger charge is 2.16. The van der Waals surface area contributed by atoms with Crippen LogP contribution in [-0.2, 0) is 4.74 Å². The zero-order valence-electron chi connectivity index (χ0n) is 8.71. The predicted molar refractivity (Wildman–Crippen MR) is 62.2 cm³/mol. The Kier molecular flexibility index (Phi) is 4.89. The van der Waals surface area contributed by atoms with Crippen LogP contribution in [0.2, 0.25) is 5.02 Å². The standard InChI is InChI=1S/C10H16ClNOS/c1-7(13-3)6-9(12-2)10-8(11)4-5-14-10/h4-5,7,9,12H,6H2,1-3H3. The molecular formula is C10H16ClNOS. The number of halogens is 1. The van der Waals surface area contributed by atoms with Crippen molar-refractivity contribution < 1.29 is 4.74 Å². The monoisotopic (exact) mass is 233 g/mol. The highest BCUT2D eigenvalue weighted by molar-refractivity contribution is 7.10. The molecule has 80 valence electrons. The summed E-state index contributed by atoms with van der Waals surface area (Å²) < 4.78 is 5.24. The molecule has 0 spiro atoms. The van der Waals surface area contributed by atoms with Gasteiger partial charge in [-0.05, 0) is 31.8 Å². The molecule has 0 aromatic carbocycles. The van der Waals surface area contributed by atoms with Gasteiger partial charge in [0, 0.05) is 18.0 Å². The second kappa shape index (κ2) is 5.71. The first kappa shape index (κ1) is 12.0. The predicted octanol–water partition coefficient (Wildman–Crippen LogP) is 3.09. The number of nitrogens with one attached hydrogen (secondary N) is 1. The zero-order valence-corrected chi connectivity index (χ0v) is 10.3. The van der Waals surface area contributed by atoms with Crippen molar-refractivity contribution in [3.63, 3.8) is 0 Å². The molecule has 0 aliphatic heterocycles. The summed E-state index contributed by atoms with van der Waals surface area (Å²) in [5.74, 6) is 0. The van der Waals surface area contributed by atoms with Gasteiger partial charge in [-0.25, -0.2) is 0 Å². The molecule has 0 saturated heterocycles. The third kappa shape index (κ3) is 2.95. The molecule has 2 unspecified atom stereocenters. The molecule has 0 saturated carbocycles. The van der Waals surface area contributed by atoms with Crippen LogP contribution in [-0.4, -0.2) is 20.3 Å². The van der Waals surface area contributed by atoms with Crippen molar-refractivity contribution in [1.29, 1.82) is 0 Å². The molecule has 0 fully saturated rings. The summed E-state index contributed by atoms with van der Waals surface area (Å²) in [6.45, 7) is 2.06. The van der Waals surface area contributed by atoms with Gasteiger partial charge in [0.1, 0.15) is 0 Å². The first-order valence-electron chi connectivity index (χ1n) is 4.62. The maximum atomic E-state index is 6.07. The van der Waals surface area contributed by atoms with Gasteiger partial charge < -0.3 is 10.1 Å². The van der Waals surface area contributed by atoms with Crippen LogP contribution in [0.1, 0.15) is 24.3 Å². The van der Waals surface area contributed by atoms with Crippen molar-refractivity contribution in [2.75, 3.05) is 14.2 Å². The van der Waals surface area contributed by atoms with Crippen LogP contribution >= 0.6 is 22.9 Å². The number of thiophene rings is 1. The van der Waals surface area contributed by atoms with Gasteiger partial charge in [-0.1, -0.05) is 11.6 Å². The average Bonchev–Trinajstić information content (AvgIpc) is 2.60. The summed E-state index contributed by atoms with van der Waals surface area (Å²) in [5, 5.41) is 6.11. The van der Waals surface area contributed by atoms with Crippen LogP contribution in [0.5, 0.6) is 0 Å². The molecule has 4 heteroatoms. The highest BCUT2D eigenvalue weighted by atomic mass is 35.5. The smallest absolute Gasteiger partial charge is 0.0561 e. The summed E-state index contributed by atoms with van der Waals surface area (Å²) in [4.78, 5) is 1.19. The first-order valence-corrected chi connectivity index (χ1v) is 5.87. The summed E-state index contributed by atoms with van der Waals surface area (Å²) >= 11 is 7.75. The number of hydrogen-bond donors (Lipinski definition) is 1. The fraction of sp³-hybridized carbons (Fsp3) is 0.600. The number of ether oxygens (including phenoxy) is 1. The first-order chi connectivity index (χ1) is 6.69. The van der Waals surface area contributed by atoms with Gasteiger partial charge in [-0.15, -0.1) is 11.3 Å². The summed E-state index contributed by atoms with van der Waals surface area (Å²) in [6.07, 6.45) is 1.18. The lowest BCUT2D eigenvalue weighted by molar-refractivity contribution is 0.102. The Morgan fingerprint density at radius 2 is 2.36 bits per heavy atom. The number of methoxy groups -OCH3 is 1. The molecule has 0 aliphatic carbocycles. The Balaban J connectivity index is 2.67. The molecule has 0 amide bonds. The average molecular weight is 234 g/mol. The van der Waals surface area contributed by atoms with E-state index in [1.54, 1.807) is 18.4 Å². The second-order valence-corrected chi connectivity index (χ2v) is 4.61. The van der Waals surface area contributed by atoms with Gasteiger partial charge in [-0.2, -0.15) is 0 Å².